The average molecular weight is 264 g/mol. The Morgan fingerprint density at radius 2 is 2.00 bits per heavy atom. The summed E-state index contributed by atoms with van der Waals surface area (Å²) >= 11 is 0. The van der Waals surface area contributed by atoms with E-state index in [1.165, 1.54) is 7.11 Å². The van der Waals surface area contributed by atoms with Gasteiger partial charge in [-0.15, -0.1) is 6.42 Å². The van der Waals surface area contributed by atoms with Crippen LogP contribution in [0.15, 0.2) is 0 Å². The van der Waals surface area contributed by atoms with Gasteiger partial charge in [0, 0.05) is 5.41 Å². The first-order chi connectivity index (χ1) is 8.84. The Labute approximate surface area is 115 Å². The number of terminal acetylenes is 1. The van der Waals surface area contributed by atoms with Crippen molar-refractivity contribution in [3.05, 3.63) is 0 Å². The minimum absolute atomic E-state index is 0.0935. The van der Waals surface area contributed by atoms with Crippen molar-refractivity contribution in [3.8, 4) is 12.3 Å². The van der Waals surface area contributed by atoms with Crippen LogP contribution in [0.4, 0.5) is 0 Å². The van der Waals surface area contributed by atoms with Crippen molar-refractivity contribution in [2.45, 2.75) is 58.0 Å². The lowest BCUT2D eigenvalue weighted by molar-refractivity contribution is -0.185. The van der Waals surface area contributed by atoms with Crippen molar-refractivity contribution in [1.29, 1.82) is 0 Å². The van der Waals surface area contributed by atoms with Gasteiger partial charge in [-0.1, -0.05) is 19.3 Å². The summed E-state index contributed by atoms with van der Waals surface area (Å²) in [5.74, 6) is 2.55. The summed E-state index contributed by atoms with van der Waals surface area (Å²) in [5.41, 5.74) is -2.00. The molecular weight excluding hydrogens is 240 g/mol. The van der Waals surface area contributed by atoms with Crippen LogP contribution in [0.5, 0.6) is 0 Å². The number of hydrogen-bond donors (Lipinski definition) is 1. The summed E-state index contributed by atoms with van der Waals surface area (Å²) in [7, 11) is 1.44. The molecule has 2 fully saturated rings. The number of hydrogen-bond acceptors (Lipinski definition) is 3. The zero-order valence-electron chi connectivity index (χ0n) is 12.2. The Balaban J connectivity index is 2.46. The van der Waals surface area contributed by atoms with Crippen molar-refractivity contribution in [3.63, 3.8) is 0 Å². The molecule has 3 nitrogen and oxygen atoms in total. The highest BCUT2D eigenvalue weighted by molar-refractivity contribution is 5.77. The molecule has 106 valence electrons. The van der Waals surface area contributed by atoms with E-state index >= 15 is 0 Å². The molecule has 2 rings (SSSR count). The maximum atomic E-state index is 12.2. The number of aliphatic hydroxyl groups is 1. The van der Waals surface area contributed by atoms with Gasteiger partial charge in [-0.3, -0.25) is 4.79 Å². The Bertz CT molecular complexity index is 424. The molecule has 0 spiro atoms. The molecule has 0 bridgehead atoms. The maximum Gasteiger partial charge on any atom is 0.311 e. The van der Waals surface area contributed by atoms with E-state index in [4.69, 9.17) is 11.2 Å². The molecular formula is C16H24O3. The van der Waals surface area contributed by atoms with Crippen molar-refractivity contribution in [2.75, 3.05) is 7.11 Å². The molecule has 0 amide bonds. The SMILES string of the molecule is C#C[C@@]1(O)CCC[C@@H]2[C@](C)(C(=O)OC)CCC[C@]21C. The van der Waals surface area contributed by atoms with E-state index in [0.29, 0.717) is 6.42 Å². The molecule has 0 aromatic heterocycles. The van der Waals surface area contributed by atoms with Crippen LogP contribution >= 0.6 is 0 Å². The van der Waals surface area contributed by atoms with Gasteiger partial charge in [0.25, 0.3) is 0 Å². The van der Waals surface area contributed by atoms with Crippen LogP contribution in [-0.2, 0) is 9.53 Å². The molecule has 0 heterocycles. The third-order valence-corrected chi connectivity index (χ3v) is 5.80. The van der Waals surface area contributed by atoms with E-state index in [1.54, 1.807) is 0 Å². The Kier molecular flexibility index (Phi) is 3.43. The summed E-state index contributed by atoms with van der Waals surface area (Å²) < 4.78 is 5.02. The van der Waals surface area contributed by atoms with Crippen LogP contribution in [0, 0.1) is 29.1 Å². The number of fused-ring (bicyclic) bond motifs is 1. The van der Waals surface area contributed by atoms with Crippen LogP contribution in [0.2, 0.25) is 0 Å². The van der Waals surface area contributed by atoms with Crippen LogP contribution in [0.1, 0.15) is 52.4 Å². The zero-order chi connectivity index (χ0) is 14.3. The minimum Gasteiger partial charge on any atom is -0.469 e. The van der Waals surface area contributed by atoms with E-state index in [-0.39, 0.29) is 17.3 Å². The van der Waals surface area contributed by atoms with Gasteiger partial charge in [-0.2, -0.15) is 0 Å². The highest BCUT2D eigenvalue weighted by Crippen LogP contribution is 2.61. The van der Waals surface area contributed by atoms with Crippen molar-refractivity contribution in [2.24, 2.45) is 16.7 Å². The maximum absolute atomic E-state index is 12.2. The fourth-order valence-corrected chi connectivity index (χ4v) is 4.57. The van der Waals surface area contributed by atoms with Gasteiger partial charge in [0.2, 0.25) is 0 Å². The third kappa shape index (κ3) is 1.80. The first kappa shape index (κ1) is 14.4. The summed E-state index contributed by atoms with van der Waals surface area (Å²) in [6, 6.07) is 0. The molecule has 19 heavy (non-hydrogen) atoms. The molecule has 0 aromatic carbocycles. The smallest absolute Gasteiger partial charge is 0.311 e. The predicted molar refractivity (Wildman–Crippen MR) is 73.2 cm³/mol. The largest absolute Gasteiger partial charge is 0.469 e. The molecule has 2 aliphatic carbocycles. The average Bonchev–Trinajstić information content (AvgIpc) is 2.40. The zero-order valence-corrected chi connectivity index (χ0v) is 12.2. The summed E-state index contributed by atoms with van der Waals surface area (Å²) in [4.78, 5) is 12.2. The highest BCUT2D eigenvalue weighted by atomic mass is 16.5. The molecule has 2 aliphatic rings. The van der Waals surface area contributed by atoms with Gasteiger partial charge in [0.1, 0.15) is 5.60 Å². The monoisotopic (exact) mass is 264 g/mol. The fraction of sp³-hybridized carbons (Fsp3) is 0.812. The molecule has 0 radical (unpaired) electrons. The fourth-order valence-electron chi connectivity index (χ4n) is 4.57. The van der Waals surface area contributed by atoms with E-state index in [0.717, 1.165) is 32.1 Å². The van der Waals surface area contributed by atoms with Gasteiger partial charge < -0.3 is 9.84 Å². The number of esters is 1. The quantitative estimate of drug-likeness (QED) is 0.585. The number of carbonyl (C=O) groups excluding carboxylic acids is 1. The van der Waals surface area contributed by atoms with Gasteiger partial charge in [-0.25, -0.2) is 0 Å². The first-order valence-corrected chi connectivity index (χ1v) is 7.13. The summed E-state index contributed by atoms with van der Waals surface area (Å²) in [6.07, 6.45) is 10.7. The van der Waals surface area contributed by atoms with Crippen LogP contribution in [0.25, 0.3) is 0 Å². The summed E-state index contributed by atoms with van der Waals surface area (Å²) in [5, 5.41) is 10.8. The minimum atomic E-state index is -1.09. The van der Waals surface area contributed by atoms with Gasteiger partial charge in [0.15, 0.2) is 0 Å². The predicted octanol–water partition coefficient (Wildman–Crippen LogP) is 2.52. The molecule has 4 atom stereocenters. The van der Waals surface area contributed by atoms with E-state index in [1.807, 2.05) is 6.92 Å². The van der Waals surface area contributed by atoms with Gasteiger partial charge in [-0.05, 0) is 44.9 Å². The molecule has 0 aromatic rings. The Morgan fingerprint density at radius 1 is 1.32 bits per heavy atom. The van der Waals surface area contributed by atoms with Crippen molar-refractivity contribution in [1.82, 2.24) is 0 Å². The molecule has 3 heteroatoms. The van der Waals surface area contributed by atoms with Crippen LogP contribution in [0.3, 0.4) is 0 Å². The lowest BCUT2D eigenvalue weighted by Crippen LogP contribution is -2.60. The van der Waals surface area contributed by atoms with Crippen LogP contribution in [-0.4, -0.2) is 23.8 Å². The Morgan fingerprint density at radius 3 is 2.58 bits per heavy atom. The van der Waals surface area contributed by atoms with Gasteiger partial charge in [0.05, 0.1) is 12.5 Å². The first-order valence-electron chi connectivity index (χ1n) is 7.13. The molecule has 0 saturated heterocycles. The molecule has 2 saturated carbocycles. The number of carbonyl (C=O) groups is 1. The second-order valence-corrected chi connectivity index (χ2v) is 6.63. The lowest BCUT2D eigenvalue weighted by Gasteiger charge is -2.58. The van der Waals surface area contributed by atoms with E-state index in [9.17, 15) is 9.90 Å². The normalized spacial score (nSPS) is 45.9. The van der Waals surface area contributed by atoms with Crippen LogP contribution < -0.4 is 0 Å². The van der Waals surface area contributed by atoms with Gasteiger partial charge >= 0.3 is 5.97 Å². The number of rotatable bonds is 1. The van der Waals surface area contributed by atoms with Crippen molar-refractivity contribution >= 4 is 5.97 Å². The number of methoxy groups -OCH3 is 1. The summed E-state index contributed by atoms with van der Waals surface area (Å²) in [6.45, 7) is 4.03. The lowest BCUT2D eigenvalue weighted by atomic mass is 9.46. The molecule has 0 unspecified atom stereocenters. The second-order valence-electron chi connectivity index (χ2n) is 6.63. The highest BCUT2D eigenvalue weighted by Gasteiger charge is 2.62. The standard InChI is InChI=1S/C16H24O3/c1-5-16(18)11-6-8-12-14(2,13(17)19-4)9-7-10-15(12,16)3/h1,12,18H,6-11H2,2-4H3/t12-,14-,15-,16-/m1/s1. The molecule has 0 aliphatic heterocycles. The molecule has 1 N–H and O–H groups in total. The van der Waals surface area contributed by atoms with E-state index < -0.39 is 11.0 Å². The second kappa shape index (κ2) is 4.52. The number of ether oxygens (including phenoxy) is 1. The topological polar surface area (TPSA) is 46.5 Å². The third-order valence-electron chi connectivity index (χ3n) is 5.80. The van der Waals surface area contributed by atoms with E-state index in [2.05, 4.69) is 12.8 Å². The Hall–Kier alpha value is -1.01. The van der Waals surface area contributed by atoms with Crippen molar-refractivity contribution < 1.29 is 14.6 Å².